The molecule has 0 radical (unpaired) electrons. The molecule has 0 aliphatic rings. The van der Waals surface area contributed by atoms with Crippen molar-refractivity contribution in [1.82, 2.24) is 15.2 Å². The first-order chi connectivity index (χ1) is 8.67. The van der Waals surface area contributed by atoms with Crippen LogP contribution >= 0.6 is 31.9 Å². The van der Waals surface area contributed by atoms with E-state index in [0.717, 1.165) is 26.7 Å². The zero-order valence-electron chi connectivity index (χ0n) is 9.90. The van der Waals surface area contributed by atoms with Crippen molar-refractivity contribution in [3.63, 3.8) is 0 Å². The summed E-state index contributed by atoms with van der Waals surface area (Å²) in [6, 6.07) is 7.96. The van der Waals surface area contributed by atoms with Crippen LogP contribution in [0.1, 0.15) is 24.2 Å². The van der Waals surface area contributed by atoms with Gasteiger partial charge in [-0.2, -0.15) is 5.10 Å². The Bertz CT molecular complexity index is 539. The zero-order valence-corrected chi connectivity index (χ0v) is 13.1. The van der Waals surface area contributed by atoms with Gasteiger partial charge in [0, 0.05) is 11.0 Å². The van der Waals surface area contributed by atoms with Gasteiger partial charge in [-0.25, -0.2) is 5.43 Å². The van der Waals surface area contributed by atoms with Gasteiger partial charge in [0.15, 0.2) is 0 Å². The predicted octanol–water partition coefficient (Wildman–Crippen LogP) is 2.98. The molecule has 6 heteroatoms. The monoisotopic (exact) mass is 372 g/mol. The van der Waals surface area contributed by atoms with Crippen molar-refractivity contribution in [2.24, 2.45) is 5.84 Å². The number of rotatable bonds is 4. The van der Waals surface area contributed by atoms with Crippen LogP contribution in [-0.4, -0.2) is 9.78 Å². The third-order valence-corrected chi connectivity index (χ3v) is 3.86. The van der Waals surface area contributed by atoms with Crippen LogP contribution in [-0.2, 0) is 6.54 Å². The van der Waals surface area contributed by atoms with E-state index in [0.29, 0.717) is 0 Å². The van der Waals surface area contributed by atoms with Crippen LogP contribution in [0.2, 0.25) is 0 Å². The topological polar surface area (TPSA) is 55.9 Å². The predicted molar refractivity (Wildman–Crippen MR) is 78.9 cm³/mol. The minimum atomic E-state index is -0.0978. The van der Waals surface area contributed by atoms with Gasteiger partial charge in [0.1, 0.15) is 0 Å². The number of hydrogen-bond acceptors (Lipinski definition) is 3. The first-order valence-electron chi connectivity index (χ1n) is 5.60. The van der Waals surface area contributed by atoms with Gasteiger partial charge in [-0.3, -0.25) is 10.5 Å². The molecule has 0 bridgehead atoms. The average molecular weight is 374 g/mol. The number of aryl methyl sites for hydroxylation is 1. The molecule has 96 valence electrons. The Morgan fingerprint density at radius 2 is 2.22 bits per heavy atom. The van der Waals surface area contributed by atoms with Crippen LogP contribution in [0.25, 0.3) is 0 Å². The van der Waals surface area contributed by atoms with Crippen LogP contribution in [0.5, 0.6) is 0 Å². The van der Waals surface area contributed by atoms with E-state index in [1.54, 1.807) is 6.20 Å². The van der Waals surface area contributed by atoms with E-state index < -0.39 is 0 Å². The quantitative estimate of drug-likeness (QED) is 0.639. The fourth-order valence-corrected chi connectivity index (χ4v) is 2.87. The number of aromatic nitrogens is 2. The maximum absolute atomic E-state index is 5.71. The molecule has 0 saturated heterocycles. The molecule has 0 aliphatic carbocycles. The fraction of sp³-hybridized carbons (Fsp3) is 0.250. The van der Waals surface area contributed by atoms with E-state index in [9.17, 15) is 0 Å². The summed E-state index contributed by atoms with van der Waals surface area (Å²) in [7, 11) is 0. The van der Waals surface area contributed by atoms with E-state index >= 15 is 0 Å². The van der Waals surface area contributed by atoms with Crippen molar-refractivity contribution in [3.8, 4) is 0 Å². The number of nitrogens with two attached hydrogens (primary N) is 1. The minimum Gasteiger partial charge on any atom is -0.271 e. The van der Waals surface area contributed by atoms with Gasteiger partial charge in [-0.1, -0.05) is 28.1 Å². The van der Waals surface area contributed by atoms with E-state index in [4.69, 9.17) is 5.84 Å². The van der Waals surface area contributed by atoms with Gasteiger partial charge in [0.05, 0.1) is 22.4 Å². The van der Waals surface area contributed by atoms with Crippen LogP contribution in [0.4, 0.5) is 0 Å². The summed E-state index contributed by atoms with van der Waals surface area (Å²) < 4.78 is 3.90. The minimum absolute atomic E-state index is 0.0978. The van der Waals surface area contributed by atoms with Crippen LogP contribution in [0.15, 0.2) is 39.4 Å². The zero-order chi connectivity index (χ0) is 13.1. The summed E-state index contributed by atoms with van der Waals surface area (Å²) in [6.07, 6.45) is 1.79. The van der Waals surface area contributed by atoms with Gasteiger partial charge in [0.25, 0.3) is 0 Å². The molecule has 0 amide bonds. The van der Waals surface area contributed by atoms with E-state index in [2.05, 4.69) is 49.3 Å². The van der Waals surface area contributed by atoms with Crippen molar-refractivity contribution >= 4 is 31.9 Å². The molecule has 1 unspecified atom stereocenters. The molecule has 0 saturated carbocycles. The molecule has 1 heterocycles. The highest BCUT2D eigenvalue weighted by Crippen LogP contribution is 2.29. The average Bonchev–Trinajstić information content (AvgIpc) is 2.72. The lowest BCUT2D eigenvalue weighted by Crippen LogP contribution is -2.31. The molecule has 1 aromatic heterocycles. The maximum atomic E-state index is 5.71. The molecule has 2 aromatic rings. The van der Waals surface area contributed by atoms with Crippen molar-refractivity contribution in [2.75, 3.05) is 0 Å². The van der Waals surface area contributed by atoms with E-state index in [1.165, 1.54) is 0 Å². The smallest absolute Gasteiger partial charge is 0.0890 e. The normalized spacial score (nSPS) is 12.7. The molecule has 18 heavy (non-hydrogen) atoms. The standard InChI is InChI=1S/C12H14Br2N4/c1-2-18-12(10(14)7-16-18)11(17-15)8-4-3-5-9(13)6-8/h3-7,11,17H,2,15H2,1H3. The number of halogens is 2. The summed E-state index contributed by atoms with van der Waals surface area (Å²) >= 11 is 7.00. The number of benzene rings is 1. The number of nitrogens with one attached hydrogen (secondary N) is 1. The summed E-state index contributed by atoms with van der Waals surface area (Å²) in [5.41, 5.74) is 4.96. The Morgan fingerprint density at radius 1 is 1.44 bits per heavy atom. The maximum Gasteiger partial charge on any atom is 0.0890 e. The highest BCUT2D eigenvalue weighted by atomic mass is 79.9. The van der Waals surface area contributed by atoms with Crippen LogP contribution in [0, 0.1) is 0 Å². The number of hydrogen-bond donors (Lipinski definition) is 2. The molecule has 0 aliphatic heterocycles. The summed E-state index contributed by atoms with van der Waals surface area (Å²) in [5.74, 6) is 5.71. The number of nitrogens with zero attached hydrogens (tertiary/aromatic N) is 2. The first kappa shape index (κ1) is 13.7. The molecule has 1 atom stereocenters. The summed E-state index contributed by atoms with van der Waals surface area (Å²) in [5, 5.41) is 4.31. The molecule has 1 aromatic carbocycles. The Morgan fingerprint density at radius 3 is 2.83 bits per heavy atom. The molecule has 0 fully saturated rings. The summed E-state index contributed by atoms with van der Waals surface area (Å²) in [4.78, 5) is 0. The first-order valence-corrected chi connectivity index (χ1v) is 7.18. The van der Waals surface area contributed by atoms with Crippen molar-refractivity contribution < 1.29 is 0 Å². The third kappa shape index (κ3) is 2.66. The van der Waals surface area contributed by atoms with E-state index in [-0.39, 0.29) is 6.04 Å². The van der Waals surface area contributed by atoms with Crippen LogP contribution < -0.4 is 11.3 Å². The highest BCUT2D eigenvalue weighted by Gasteiger charge is 2.20. The number of hydrazine groups is 1. The lowest BCUT2D eigenvalue weighted by molar-refractivity contribution is 0.542. The Kier molecular flexibility index (Phi) is 4.55. The molecular formula is C12H14Br2N4. The highest BCUT2D eigenvalue weighted by molar-refractivity contribution is 9.10. The van der Waals surface area contributed by atoms with Crippen molar-refractivity contribution in [2.45, 2.75) is 19.5 Å². The van der Waals surface area contributed by atoms with Gasteiger partial charge in [-0.15, -0.1) is 0 Å². The Labute approximate surface area is 123 Å². The molecule has 0 spiro atoms. The second-order valence-electron chi connectivity index (χ2n) is 3.85. The van der Waals surface area contributed by atoms with Gasteiger partial charge in [-0.05, 0) is 40.5 Å². The Hall–Kier alpha value is -0.690. The Balaban J connectivity index is 2.48. The lowest BCUT2D eigenvalue weighted by Gasteiger charge is -2.18. The molecule has 2 rings (SSSR count). The van der Waals surface area contributed by atoms with Gasteiger partial charge in [0.2, 0.25) is 0 Å². The molecular weight excluding hydrogens is 360 g/mol. The largest absolute Gasteiger partial charge is 0.271 e. The van der Waals surface area contributed by atoms with E-state index in [1.807, 2.05) is 28.9 Å². The SMILES string of the molecule is CCn1ncc(Br)c1C(NN)c1cccc(Br)c1. The fourth-order valence-electron chi connectivity index (χ4n) is 1.93. The second kappa shape index (κ2) is 5.97. The molecule has 4 nitrogen and oxygen atoms in total. The van der Waals surface area contributed by atoms with Crippen molar-refractivity contribution in [1.29, 1.82) is 0 Å². The van der Waals surface area contributed by atoms with Gasteiger partial charge < -0.3 is 0 Å². The summed E-state index contributed by atoms with van der Waals surface area (Å²) in [6.45, 7) is 2.85. The van der Waals surface area contributed by atoms with Crippen LogP contribution in [0.3, 0.4) is 0 Å². The second-order valence-corrected chi connectivity index (χ2v) is 5.62. The van der Waals surface area contributed by atoms with Gasteiger partial charge >= 0.3 is 0 Å². The molecule has 3 N–H and O–H groups in total. The third-order valence-electron chi connectivity index (χ3n) is 2.75. The van der Waals surface area contributed by atoms with Crippen molar-refractivity contribution in [3.05, 3.63) is 50.7 Å². The lowest BCUT2D eigenvalue weighted by atomic mass is 10.0.